The van der Waals surface area contributed by atoms with Crippen LogP contribution in [0.2, 0.25) is 0 Å². The maximum atomic E-state index is 11.1. The molecule has 0 aliphatic carbocycles. The van der Waals surface area contributed by atoms with Crippen molar-refractivity contribution >= 4 is 10.0 Å². The summed E-state index contributed by atoms with van der Waals surface area (Å²) in [5.74, 6) is 0. The van der Waals surface area contributed by atoms with E-state index in [1.807, 2.05) is 6.92 Å². The first-order valence-corrected chi connectivity index (χ1v) is 5.87. The molecule has 1 aliphatic rings. The van der Waals surface area contributed by atoms with Crippen LogP contribution in [0, 0.1) is 5.41 Å². The topological polar surface area (TPSA) is 63.4 Å². The SMILES string of the molecule is CC1(CN)CCN(S(C)(=O)=O)C1. The number of hydrogen-bond acceptors (Lipinski definition) is 3. The lowest BCUT2D eigenvalue weighted by Gasteiger charge is -2.21. The molecule has 1 fully saturated rings. The van der Waals surface area contributed by atoms with Crippen molar-refractivity contribution in [3.63, 3.8) is 0 Å². The average molecular weight is 192 g/mol. The van der Waals surface area contributed by atoms with Crippen LogP contribution in [-0.4, -0.2) is 38.6 Å². The maximum Gasteiger partial charge on any atom is 0.211 e. The number of hydrogen-bond donors (Lipinski definition) is 1. The largest absolute Gasteiger partial charge is 0.330 e. The molecule has 5 heteroatoms. The summed E-state index contributed by atoms with van der Waals surface area (Å²) < 4.78 is 23.7. The van der Waals surface area contributed by atoms with Crippen molar-refractivity contribution < 1.29 is 8.42 Å². The average Bonchev–Trinajstić information content (AvgIpc) is 2.32. The normalized spacial score (nSPS) is 32.6. The van der Waals surface area contributed by atoms with Gasteiger partial charge in [0, 0.05) is 13.1 Å². The van der Waals surface area contributed by atoms with Crippen molar-refractivity contribution in [1.29, 1.82) is 0 Å². The van der Waals surface area contributed by atoms with Crippen LogP contribution < -0.4 is 5.73 Å². The maximum absolute atomic E-state index is 11.1. The van der Waals surface area contributed by atoms with Crippen LogP contribution in [0.15, 0.2) is 0 Å². The quantitative estimate of drug-likeness (QED) is 0.648. The van der Waals surface area contributed by atoms with Gasteiger partial charge in [0.05, 0.1) is 6.26 Å². The van der Waals surface area contributed by atoms with Crippen molar-refractivity contribution in [3.05, 3.63) is 0 Å². The lowest BCUT2D eigenvalue weighted by molar-refractivity contribution is 0.350. The standard InChI is InChI=1S/C7H16N2O2S/c1-7(5-8)3-4-9(6-7)12(2,10)11/h3-6,8H2,1-2H3. The van der Waals surface area contributed by atoms with Crippen molar-refractivity contribution in [2.45, 2.75) is 13.3 Å². The lowest BCUT2D eigenvalue weighted by Crippen LogP contribution is -2.33. The molecule has 1 aliphatic heterocycles. The number of nitrogens with zero attached hydrogens (tertiary/aromatic N) is 1. The van der Waals surface area contributed by atoms with Crippen molar-refractivity contribution in [2.24, 2.45) is 11.1 Å². The van der Waals surface area contributed by atoms with Gasteiger partial charge in [0.2, 0.25) is 10.0 Å². The summed E-state index contributed by atoms with van der Waals surface area (Å²) in [4.78, 5) is 0. The first-order chi connectivity index (χ1) is 5.37. The first kappa shape index (κ1) is 9.95. The Morgan fingerprint density at radius 3 is 2.42 bits per heavy atom. The molecule has 0 aromatic rings. The molecule has 1 saturated heterocycles. The van der Waals surface area contributed by atoms with Gasteiger partial charge in [-0.05, 0) is 18.4 Å². The summed E-state index contributed by atoms with van der Waals surface area (Å²) in [6.07, 6.45) is 2.12. The van der Waals surface area contributed by atoms with Gasteiger partial charge in [-0.15, -0.1) is 0 Å². The predicted octanol–water partition coefficient (Wildman–Crippen LogP) is -0.383. The summed E-state index contributed by atoms with van der Waals surface area (Å²) >= 11 is 0. The molecule has 72 valence electrons. The van der Waals surface area contributed by atoms with E-state index in [2.05, 4.69) is 0 Å². The van der Waals surface area contributed by atoms with E-state index in [-0.39, 0.29) is 5.41 Å². The molecule has 1 atom stereocenters. The molecule has 1 heterocycles. The van der Waals surface area contributed by atoms with Crippen LogP contribution >= 0.6 is 0 Å². The van der Waals surface area contributed by atoms with E-state index in [9.17, 15) is 8.42 Å². The van der Waals surface area contributed by atoms with Crippen LogP contribution in [-0.2, 0) is 10.0 Å². The Bertz CT molecular complexity index is 263. The molecule has 1 rings (SSSR count). The van der Waals surface area contributed by atoms with Gasteiger partial charge in [0.25, 0.3) is 0 Å². The third-order valence-electron chi connectivity index (χ3n) is 2.48. The highest BCUT2D eigenvalue weighted by Gasteiger charge is 2.36. The molecule has 0 spiro atoms. The molecule has 0 saturated carbocycles. The van der Waals surface area contributed by atoms with Crippen LogP contribution in [0.4, 0.5) is 0 Å². The number of rotatable bonds is 2. The monoisotopic (exact) mass is 192 g/mol. The lowest BCUT2D eigenvalue weighted by atomic mass is 9.90. The first-order valence-electron chi connectivity index (χ1n) is 4.03. The third-order valence-corrected chi connectivity index (χ3v) is 3.73. The molecule has 0 amide bonds. The zero-order valence-electron chi connectivity index (χ0n) is 7.58. The molecule has 12 heavy (non-hydrogen) atoms. The van der Waals surface area contributed by atoms with E-state index >= 15 is 0 Å². The van der Waals surface area contributed by atoms with Gasteiger partial charge in [-0.3, -0.25) is 0 Å². The molecule has 0 radical (unpaired) electrons. The van der Waals surface area contributed by atoms with Crippen LogP contribution in [0.25, 0.3) is 0 Å². The molecular formula is C7H16N2O2S. The summed E-state index contributed by atoms with van der Waals surface area (Å²) in [5.41, 5.74) is 5.54. The molecule has 1 unspecified atom stereocenters. The van der Waals surface area contributed by atoms with Gasteiger partial charge in [-0.2, -0.15) is 0 Å². The van der Waals surface area contributed by atoms with Gasteiger partial charge in [-0.25, -0.2) is 12.7 Å². The predicted molar refractivity (Wildman–Crippen MR) is 48.2 cm³/mol. The Hall–Kier alpha value is -0.130. The Morgan fingerprint density at radius 1 is 1.58 bits per heavy atom. The van der Waals surface area contributed by atoms with Crippen molar-refractivity contribution in [3.8, 4) is 0 Å². The van der Waals surface area contributed by atoms with E-state index in [1.54, 1.807) is 0 Å². The number of nitrogens with two attached hydrogens (primary N) is 1. The molecule has 2 N–H and O–H groups in total. The minimum Gasteiger partial charge on any atom is -0.330 e. The van der Waals surface area contributed by atoms with Gasteiger partial charge in [-0.1, -0.05) is 6.92 Å². The highest BCUT2D eigenvalue weighted by Crippen LogP contribution is 2.29. The summed E-state index contributed by atoms with van der Waals surface area (Å²) in [7, 11) is -3.01. The van der Waals surface area contributed by atoms with Crippen molar-refractivity contribution in [1.82, 2.24) is 4.31 Å². The van der Waals surface area contributed by atoms with Gasteiger partial charge < -0.3 is 5.73 Å². The Balaban J connectivity index is 2.70. The zero-order chi connectivity index (χ0) is 9.41. The van der Waals surface area contributed by atoms with Crippen LogP contribution in [0.5, 0.6) is 0 Å². The fourth-order valence-electron chi connectivity index (χ4n) is 1.43. The summed E-state index contributed by atoms with van der Waals surface area (Å²) in [6, 6.07) is 0. The molecule has 0 bridgehead atoms. The van der Waals surface area contributed by atoms with Gasteiger partial charge >= 0.3 is 0 Å². The zero-order valence-corrected chi connectivity index (χ0v) is 8.39. The van der Waals surface area contributed by atoms with Crippen molar-refractivity contribution in [2.75, 3.05) is 25.9 Å². The third kappa shape index (κ3) is 1.97. The van der Waals surface area contributed by atoms with Crippen LogP contribution in [0.1, 0.15) is 13.3 Å². The Kier molecular flexibility index (Phi) is 2.47. The summed E-state index contributed by atoms with van der Waals surface area (Å²) in [5, 5.41) is 0. The molecule has 0 aromatic heterocycles. The van der Waals surface area contributed by atoms with Gasteiger partial charge in [0.15, 0.2) is 0 Å². The highest BCUT2D eigenvalue weighted by molar-refractivity contribution is 7.88. The summed E-state index contributed by atoms with van der Waals surface area (Å²) in [6.45, 7) is 3.77. The van der Waals surface area contributed by atoms with E-state index in [4.69, 9.17) is 5.73 Å². The Labute approximate surface area is 73.8 Å². The second-order valence-corrected chi connectivity index (χ2v) is 5.84. The smallest absolute Gasteiger partial charge is 0.211 e. The minimum atomic E-state index is -3.01. The highest BCUT2D eigenvalue weighted by atomic mass is 32.2. The second kappa shape index (κ2) is 2.97. The minimum absolute atomic E-state index is 0.0108. The Morgan fingerprint density at radius 2 is 2.17 bits per heavy atom. The fraction of sp³-hybridized carbons (Fsp3) is 1.00. The van der Waals surface area contributed by atoms with Crippen LogP contribution in [0.3, 0.4) is 0 Å². The van der Waals surface area contributed by atoms with E-state index < -0.39 is 10.0 Å². The molecule has 0 aromatic carbocycles. The second-order valence-electron chi connectivity index (χ2n) is 3.86. The van der Waals surface area contributed by atoms with E-state index in [1.165, 1.54) is 10.6 Å². The van der Waals surface area contributed by atoms with Gasteiger partial charge in [0.1, 0.15) is 0 Å². The number of sulfonamides is 1. The fourth-order valence-corrected chi connectivity index (χ4v) is 2.40. The van der Waals surface area contributed by atoms with E-state index in [0.29, 0.717) is 19.6 Å². The molecular weight excluding hydrogens is 176 g/mol. The molecule has 4 nitrogen and oxygen atoms in total. The van der Waals surface area contributed by atoms with E-state index in [0.717, 1.165) is 6.42 Å².